The first-order valence-electron chi connectivity index (χ1n) is 8.71. The van der Waals surface area contributed by atoms with E-state index >= 15 is 0 Å². The lowest BCUT2D eigenvalue weighted by atomic mass is 9.89. The SMILES string of the molecule is COC(=O)[C@]1(C)C[C@H](C(=O)NCC2CC2)[C@H](c2ccc(Cl)cc2)N1C. The van der Waals surface area contributed by atoms with Crippen LogP contribution in [-0.2, 0) is 14.3 Å². The fraction of sp³-hybridized carbons (Fsp3) is 0.579. The highest BCUT2D eigenvalue weighted by molar-refractivity contribution is 6.30. The van der Waals surface area contributed by atoms with E-state index < -0.39 is 5.54 Å². The average Bonchev–Trinajstić information content (AvgIpc) is 3.39. The molecule has 5 nitrogen and oxygen atoms in total. The summed E-state index contributed by atoms with van der Waals surface area (Å²) in [4.78, 5) is 27.2. The van der Waals surface area contributed by atoms with Gasteiger partial charge < -0.3 is 10.1 Å². The Morgan fingerprint density at radius 3 is 2.52 bits per heavy atom. The molecule has 1 heterocycles. The monoisotopic (exact) mass is 364 g/mol. The highest BCUT2D eigenvalue weighted by Gasteiger charge is 2.54. The van der Waals surface area contributed by atoms with E-state index in [1.165, 1.54) is 20.0 Å². The van der Waals surface area contributed by atoms with Gasteiger partial charge in [-0.15, -0.1) is 0 Å². The molecular formula is C19H25ClN2O3. The van der Waals surface area contributed by atoms with Crippen molar-refractivity contribution in [3.63, 3.8) is 0 Å². The van der Waals surface area contributed by atoms with Gasteiger partial charge in [-0.3, -0.25) is 14.5 Å². The molecule has 1 aliphatic carbocycles. The quantitative estimate of drug-likeness (QED) is 0.816. The average molecular weight is 365 g/mol. The summed E-state index contributed by atoms with van der Waals surface area (Å²) in [7, 11) is 3.27. The Bertz CT molecular complexity index is 659. The minimum absolute atomic E-state index is 0.00586. The number of halogens is 1. The number of carbonyl (C=O) groups is 2. The summed E-state index contributed by atoms with van der Waals surface area (Å²) >= 11 is 6.01. The first-order valence-corrected chi connectivity index (χ1v) is 9.09. The molecule has 2 fully saturated rings. The maximum absolute atomic E-state index is 12.9. The fourth-order valence-electron chi connectivity index (χ4n) is 3.76. The fourth-order valence-corrected chi connectivity index (χ4v) is 3.88. The van der Waals surface area contributed by atoms with E-state index in [-0.39, 0.29) is 23.8 Å². The van der Waals surface area contributed by atoms with E-state index in [0.29, 0.717) is 17.4 Å². The Labute approximate surface area is 153 Å². The molecule has 3 rings (SSSR count). The zero-order valence-electron chi connectivity index (χ0n) is 14.9. The highest BCUT2D eigenvalue weighted by atomic mass is 35.5. The van der Waals surface area contributed by atoms with Crippen molar-refractivity contribution in [3.8, 4) is 0 Å². The number of likely N-dealkylation sites (N-methyl/N-ethyl adjacent to an activating group) is 1. The van der Waals surface area contributed by atoms with E-state index in [9.17, 15) is 9.59 Å². The molecule has 1 N–H and O–H groups in total. The molecule has 1 aromatic carbocycles. The van der Waals surface area contributed by atoms with Gasteiger partial charge in [0.2, 0.25) is 5.91 Å². The molecule has 1 saturated heterocycles. The third kappa shape index (κ3) is 3.53. The molecule has 136 valence electrons. The molecule has 3 atom stereocenters. The molecule has 1 saturated carbocycles. The highest BCUT2D eigenvalue weighted by Crippen LogP contribution is 2.46. The lowest BCUT2D eigenvalue weighted by Crippen LogP contribution is -2.47. The minimum atomic E-state index is -0.833. The number of amides is 1. The van der Waals surface area contributed by atoms with Gasteiger partial charge in [-0.25, -0.2) is 0 Å². The predicted molar refractivity (Wildman–Crippen MR) is 96.2 cm³/mol. The minimum Gasteiger partial charge on any atom is -0.468 e. The maximum Gasteiger partial charge on any atom is 0.326 e. The number of nitrogens with one attached hydrogen (secondary N) is 1. The lowest BCUT2D eigenvalue weighted by molar-refractivity contribution is -0.152. The van der Waals surface area contributed by atoms with Crippen molar-refractivity contribution in [3.05, 3.63) is 34.9 Å². The summed E-state index contributed by atoms with van der Waals surface area (Å²) in [6, 6.07) is 7.29. The number of methoxy groups -OCH3 is 1. The van der Waals surface area contributed by atoms with Gasteiger partial charge in [0.1, 0.15) is 5.54 Å². The van der Waals surface area contributed by atoms with Crippen molar-refractivity contribution in [1.82, 2.24) is 10.2 Å². The number of carbonyl (C=O) groups excluding carboxylic acids is 2. The van der Waals surface area contributed by atoms with Crippen LogP contribution in [0.5, 0.6) is 0 Å². The number of hydrogen-bond donors (Lipinski definition) is 1. The van der Waals surface area contributed by atoms with Crippen molar-refractivity contribution < 1.29 is 14.3 Å². The van der Waals surface area contributed by atoms with Crippen LogP contribution in [0.3, 0.4) is 0 Å². The van der Waals surface area contributed by atoms with Crippen molar-refractivity contribution in [2.45, 2.75) is 37.8 Å². The summed E-state index contributed by atoms with van der Waals surface area (Å²) < 4.78 is 5.01. The molecule has 0 bridgehead atoms. The number of ether oxygens (including phenoxy) is 1. The van der Waals surface area contributed by atoms with Crippen LogP contribution in [0.15, 0.2) is 24.3 Å². The van der Waals surface area contributed by atoms with Crippen LogP contribution < -0.4 is 5.32 Å². The van der Waals surface area contributed by atoms with E-state index in [1.807, 2.05) is 43.1 Å². The Morgan fingerprint density at radius 1 is 1.32 bits per heavy atom. The van der Waals surface area contributed by atoms with Crippen LogP contribution in [0.4, 0.5) is 0 Å². The number of rotatable bonds is 5. The van der Waals surface area contributed by atoms with Gasteiger partial charge in [-0.1, -0.05) is 23.7 Å². The van der Waals surface area contributed by atoms with Crippen molar-refractivity contribution in [2.24, 2.45) is 11.8 Å². The van der Waals surface area contributed by atoms with E-state index in [2.05, 4.69) is 5.32 Å². The number of benzene rings is 1. The predicted octanol–water partition coefficient (Wildman–Crippen LogP) is 2.79. The van der Waals surface area contributed by atoms with Gasteiger partial charge in [0.25, 0.3) is 0 Å². The standard InChI is InChI=1S/C19H25ClN2O3/c1-19(18(24)25-3)10-15(17(23)21-11-12-4-5-12)16(22(19)2)13-6-8-14(20)9-7-13/h6-9,12,15-16H,4-5,10-11H2,1-3H3,(H,21,23)/t15-,16-,19-/m0/s1. The summed E-state index contributed by atoms with van der Waals surface area (Å²) in [5.74, 6) is -0.00383. The molecule has 1 amide bonds. The number of nitrogens with zero attached hydrogens (tertiary/aromatic N) is 1. The van der Waals surface area contributed by atoms with Gasteiger partial charge >= 0.3 is 5.97 Å². The third-order valence-corrected chi connectivity index (χ3v) is 5.88. The van der Waals surface area contributed by atoms with Crippen LogP contribution in [0, 0.1) is 11.8 Å². The van der Waals surface area contributed by atoms with Crippen LogP contribution in [0.25, 0.3) is 0 Å². The van der Waals surface area contributed by atoms with Gasteiger partial charge in [0, 0.05) is 17.6 Å². The Kier molecular flexibility index (Phi) is 5.07. The molecule has 0 unspecified atom stereocenters. The van der Waals surface area contributed by atoms with Crippen molar-refractivity contribution in [2.75, 3.05) is 20.7 Å². The van der Waals surface area contributed by atoms with Crippen molar-refractivity contribution in [1.29, 1.82) is 0 Å². The van der Waals surface area contributed by atoms with E-state index in [1.54, 1.807) is 0 Å². The first-order chi connectivity index (χ1) is 11.9. The normalized spacial score (nSPS) is 29.4. The topological polar surface area (TPSA) is 58.6 Å². The molecule has 1 aromatic rings. The third-order valence-electron chi connectivity index (χ3n) is 5.63. The molecule has 0 radical (unpaired) electrons. The van der Waals surface area contributed by atoms with Crippen LogP contribution in [0.1, 0.15) is 37.8 Å². The second-order valence-electron chi connectivity index (χ2n) is 7.37. The molecule has 25 heavy (non-hydrogen) atoms. The van der Waals surface area contributed by atoms with Gasteiger partial charge in [-0.2, -0.15) is 0 Å². The van der Waals surface area contributed by atoms with Gasteiger partial charge in [-0.05, 0) is 56.8 Å². The van der Waals surface area contributed by atoms with Crippen LogP contribution >= 0.6 is 11.6 Å². The number of esters is 1. The molecule has 2 aliphatic rings. The second kappa shape index (κ2) is 6.96. The summed E-state index contributed by atoms with van der Waals surface area (Å²) in [5, 5.41) is 3.72. The van der Waals surface area contributed by atoms with E-state index in [4.69, 9.17) is 16.3 Å². The smallest absolute Gasteiger partial charge is 0.326 e. The second-order valence-corrected chi connectivity index (χ2v) is 7.81. The molecule has 6 heteroatoms. The maximum atomic E-state index is 12.9. The summed E-state index contributed by atoms with van der Waals surface area (Å²) in [6.45, 7) is 2.57. The zero-order valence-corrected chi connectivity index (χ0v) is 15.7. The van der Waals surface area contributed by atoms with Gasteiger partial charge in [0.05, 0.1) is 13.0 Å². The first kappa shape index (κ1) is 18.2. The molecule has 0 aromatic heterocycles. The van der Waals surface area contributed by atoms with Crippen LogP contribution in [0.2, 0.25) is 5.02 Å². The Hall–Kier alpha value is -1.59. The summed E-state index contributed by atoms with van der Waals surface area (Å²) in [6.07, 6.45) is 2.80. The molecular weight excluding hydrogens is 340 g/mol. The summed E-state index contributed by atoms with van der Waals surface area (Å²) in [5.41, 5.74) is 0.145. The Morgan fingerprint density at radius 2 is 1.96 bits per heavy atom. The van der Waals surface area contributed by atoms with Crippen molar-refractivity contribution >= 4 is 23.5 Å². The van der Waals surface area contributed by atoms with Gasteiger partial charge in [0.15, 0.2) is 0 Å². The lowest BCUT2D eigenvalue weighted by Gasteiger charge is -2.33. The molecule has 0 spiro atoms. The van der Waals surface area contributed by atoms with E-state index in [0.717, 1.165) is 12.1 Å². The number of hydrogen-bond acceptors (Lipinski definition) is 4. The van der Waals surface area contributed by atoms with Crippen LogP contribution in [-0.4, -0.2) is 43.0 Å². The Balaban J connectivity index is 1.89. The zero-order chi connectivity index (χ0) is 18.2. The molecule has 1 aliphatic heterocycles. The largest absolute Gasteiger partial charge is 0.468 e. The number of likely N-dealkylation sites (tertiary alicyclic amines) is 1.